The Morgan fingerprint density at radius 2 is 1.82 bits per heavy atom. The van der Waals surface area contributed by atoms with Gasteiger partial charge in [0.25, 0.3) is 0 Å². The van der Waals surface area contributed by atoms with Gasteiger partial charge in [-0.25, -0.2) is 4.98 Å². The summed E-state index contributed by atoms with van der Waals surface area (Å²) in [6.07, 6.45) is 1.02. The molecule has 6 nitrogen and oxygen atoms in total. The molecule has 0 aliphatic heterocycles. The average Bonchev–Trinajstić information content (AvgIpc) is 2.97. The minimum absolute atomic E-state index is 0. The third-order valence-corrected chi connectivity index (χ3v) is 5.11. The highest BCUT2D eigenvalue weighted by atomic mass is 127. The standard InChI is InChI=1S/C20H31N5OS.HI/c1-15-19(27-16(2)24-15)14-23-20(21-3)22-13-17-7-9-18(10-8-17)26-12-6-11-25(4)5;/h7-10H,6,11-14H2,1-5H3,(H2,21,22,23);1H. The van der Waals surface area contributed by atoms with Crippen molar-refractivity contribution in [2.45, 2.75) is 33.4 Å². The molecule has 0 saturated heterocycles. The van der Waals surface area contributed by atoms with E-state index in [2.05, 4.69) is 51.7 Å². The summed E-state index contributed by atoms with van der Waals surface area (Å²) in [6.45, 7) is 7.29. The first-order chi connectivity index (χ1) is 13.0. The molecule has 156 valence electrons. The van der Waals surface area contributed by atoms with Gasteiger partial charge in [0.05, 0.1) is 23.9 Å². The molecule has 0 fully saturated rings. The fourth-order valence-electron chi connectivity index (χ4n) is 2.58. The topological polar surface area (TPSA) is 61.8 Å². The number of halogens is 1. The summed E-state index contributed by atoms with van der Waals surface area (Å²) >= 11 is 1.72. The Morgan fingerprint density at radius 3 is 2.39 bits per heavy atom. The van der Waals surface area contributed by atoms with E-state index in [9.17, 15) is 0 Å². The van der Waals surface area contributed by atoms with Crippen LogP contribution in [0.25, 0.3) is 0 Å². The second-order valence-electron chi connectivity index (χ2n) is 6.67. The molecule has 0 spiro atoms. The Hall–Kier alpha value is -1.39. The van der Waals surface area contributed by atoms with Crippen molar-refractivity contribution >= 4 is 41.3 Å². The fourth-order valence-corrected chi connectivity index (χ4v) is 3.46. The molecule has 0 aliphatic carbocycles. The van der Waals surface area contributed by atoms with Gasteiger partial charge in [0.2, 0.25) is 0 Å². The Kier molecular flexibility index (Phi) is 11.4. The Bertz CT molecular complexity index is 731. The second-order valence-corrected chi connectivity index (χ2v) is 7.96. The monoisotopic (exact) mass is 517 g/mol. The van der Waals surface area contributed by atoms with Crippen molar-refractivity contribution in [2.24, 2.45) is 4.99 Å². The van der Waals surface area contributed by atoms with Crippen LogP contribution in [0.1, 0.15) is 27.6 Å². The number of guanidine groups is 1. The minimum atomic E-state index is 0. The molecule has 8 heteroatoms. The van der Waals surface area contributed by atoms with E-state index < -0.39 is 0 Å². The van der Waals surface area contributed by atoms with Gasteiger partial charge in [0, 0.05) is 25.0 Å². The number of aromatic nitrogens is 1. The van der Waals surface area contributed by atoms with Gasteiger partial charge >= 0.3 is 0 Å². The number of thiazole rings is 1. The van der Waals surface area contributed by atoms with E-state index >= 15 is 0 Å². The van der Waals surface area contributed by atoms with Crippen LogP contribution in [0.5, 0.6) is 5.75 Å². The van der Waals surface area contributed by atoms with Crippen LogP contribution in [0.15, 0.2) is 29.3 Å². The average molecular weight is 517 g/mol. The molecule has 2 aromatic rings. The summed E-state index contributed by atoms with van der Waals surface area (Å²) in [5, 5.41) is 7.78. The van der Waals surface area contributed by atoms with Crippen molar-refractivity contribution in [3.63, 3.8) is 0 Å². The summed E-state index contributed by atoms with van der Waals surface area (Å²) in [5.41, 5.74) is 2.27. The third-order valence-electron chi connectivity index (χ3n) is 4.04. The lowest BCUT2D eigenvalue weighted by Gasteiger charge is -2.12. The third kappa shape index (κ3) is 8.74. The van der Waals surface area contributed by atoms with E-state index in [4.69, 9.17) is 4.74 Å². The molecule has 2 rings (SSSR count). The van der Waals surface area contributed by atoms with E-state index in [0.717, 1.165) is 48.5 Å². The van der Waals surface area contributed by atoms with Crippen LogP contribution < -0.4 is 15.4 Å². The molecule has 0 amide bonds. The van der Waals surface area contributed by atoms with Crippen LogP contribution in [-0.4, -0.2) is 50.1 Å². The summed E-state index contributed by atoms with van der Waals surface area (Å²) < 4.78 is 5.77. The predicted octanol–water partition coefficient (Wildman–Crippen LogP) is 3.57. The summed E-state index contributed by atoms with van der Waals surface area (Å²) in [5.74, 6) is 1.69. The molecule has 0 unspecified atom stereocenters. The fraction of sp³-hybridized carbons (Fsp3) is 0.500. The van der Waals surface area contributed by atoms with Gasteiger partial charge in [0.15, 0.2) is 5.96 Å². The summed E-state index contributed by atoms with van der Waals surface area (Å²) in [6, 6.07) is 8.20. The highest BCUT2D eigenvalue weighted by Crippen LogP contribution is 2.16. The quantitative estimate of drug-likeness (QED) is 0.231. The zero-order valence-electron chi connectivity index (χ0n) is 17.4. The van der Waals surface area contributed by atoms with Crippen molar-refractivity contribution in [3.05, 3.63) is 45.4 Å². The Balaban J connectivity index is 0.00000392. The molecule has 0 aliphatic rings. The van der Waals surface area contributed by atoms with Crippen LogP contribution >= 0.6 is 35.3 Å². The number of hydrogen-bond donors (Lipinski definition) is 2. The highest BCUT2D eigenvalue weighted by molar-refractivity contribution is 14.0. The lowest BCUT2D eigenvalue weighted by atomic mass is 10.2. The molecule has 28 heavy (non-hydrogen) atoms. The van der Waals surface area contributed by atoms with Gasteiger partial charge < -0.3 is 20.3 Å². The van der Waals surface area contributed by atoms with E-state index in [0.29, 0.717) is 6.54 Å². The number of nitrogens with zero attached hydrogens (tertiary/aromatic N) is 3. The lowest BCUT2D eigenvalue weighted by molar-refractivity contribution is 0.281. The summed E-state index contributed by atoms with van der Waals surface area (Å²) in [7, 11) is 5.93. The molecular formula is C20H32IN5OS. The van der Waals surface area contributed by atoms with Crippen molar-refractivity contribution in [1.29, 1.82) is 0 Å². The maximum Gasteiger partial charge on any atom is 0.191 e. The van der Waals surface area contributed by atoms with Gasteiger partial charge in [-0.15, -0.1) is 35.3 Å². The van der Waals surface area contributed by atoms with Crippen LogP contribution in [-0.2, 0) is 13.1 Å². The first-order valence-electron chi connectivity index (χ1n) is 9.22. The SMILES string of the molecule is CN=C(NCc1ccc(OCCCN(C)C)cc1)NCc1sc(C)nc1C.I. The lowest BCUT2D eigenvalue weighted by Crippen LogP contribution is -2.36. The molecule has 2 N–H and O–H groups in total. The molecule has 0 bridgehead atoms. The van der Waals surface area contributed by atoms with Gasteiger partial charge in [-0.1, -0.05) is 12.1 Å². The second kappa shape index (κ2) is 12.9. The maximum atomic E-state index is 5.77. The van der Waals surface area contributed by atoms with Gasteiger partial charge in [-0.2, -0.15) is 0 Å². The van der Waals surface area contributed by atoms with Crippen LogP contribution in [0.3, 0.4) is 0 Å². The molecule has 0 saturated carbocycles. The number of aliphatic imine (C=N–C) groups is 1. The number of aryl methyl sites for hydroxylation is 2. The van der Waals surface area contributed by atoms with Gasteiger partial charge in [-0.3, -0.25) is 4.99 Å². The zero-order chi connectivity index (χ0) is 19.6. The Morgan fingerprint density at radius 1 is 1.14 bits per heavy atom. The number of benzene rings is 1. The smallest absolute Gasteiger partial charge is 0.191 e. The number of nitrogens with one attached hydrogen (secondary N) is 2. The van der Waals surface area contributed by atoms with Gasteiger partial charge in [0.1, 0.15) is 5.75 Å². The Labute approximate surface area is 189 Å². The molecular weight excluding hydrogens is 485 g/mol. The molecule has 0 atom stereocenters. The van der Waals surface area contributed by atoms with Crippen molar-refractivity contribution < 1.29 is 4.74 Å². The van der Waals surface area contributed by atoms with E-state index in [-0.39, 0.29) is 24.0 Å². The summed E-state index contributed by atoms with van der Waals surface area (Å²) in [4.78, 5) is 12.1. The molecule has 1 aromatic heterocycles. The predicted molar refractivity (Wildman–Crippen MR) is 129 cm³/mol. The van der Waals surface area contributed by atoms with Gasteiger partial charge in [-0.05, 0) is 52.1 Å². The van der Waals surface area contributed by atoms with E-state index in [1.54, 1.807) is 18.4 Å². The van der Waals surface area contributed by atoms with E-state index in [1.807, 2.05) is 26.0 Å². The van der Waals surface area contributed by atoms with Crippen LogP contribution in [0, 0.1) is 13.8 Å². The van der Waals surface area contributed by atoms with Crippen molar-refractivity contribution in [2.75, 3.05) is 34.3 Å². The minimum Gasteiger partial charge on any atom is -0.494 e. The largest absolute Gasteiger partial charge is 0.494 e. The van der Waals surface area contributed by atoms with Crippen molar-refractivity contribution in [1.82, 2.24) is 20.5 Å². The molecule has 1 aromatic carbocycles. The normalized spacial score (nSPS) is 11.3. The molecule has 0 radical (unpaired) electrons. The van der Waals surface area contributed by atoms with Crippen molar-refractivity contribution in [3.8, 4) is 5.75 Å². The zero-order valence-corrected chi connectivity index (χ0v) is 20.6. The van der Waals surface area contributed by atoms with Crippen LogP contribution in [0.2, 0.25) is 0 Å². The number of hydrogen-bond acceptors (Lipinski definition) is 5. The van der Waals surface area contributed by atoms with E-state index in [1.165, 1.54) is 10.4 Å². The maximum absolute atomic E-state index is 5.77. The molecule has 1 heterocycles. The first-order valence-corrected chi connectivity index (χ1v) is 10.0. The number of ether oxygens (including phenoxy) is 1. The highest BCUT2D eigenvalue weighted by Gasteiger charge is 2.06. The number of rotatable bonds is 9. The first kappa shape index (κ1) is 24.6. The van der Waals surface area contributed by atoms with Crippen LogP contribution in [0.4, 0.5) is 0 Å².